The Hall–Kier alpha value is -0.860. The highest BCUT2D eigenvalue weighted by Gasteiger charge is 2.60. The van der Waals surface area contributed by atoms with Crippen molar-refractivity contribution < 1.29 is 9.59 Å². The van der Waals surface area contributed by atoms with Crippen LogP contribution in [-0.4, -0.2) is 29.7 Å². The third-order valence-electron chi connectivity index (χ3n) is 3.33. The Morgan fingerprint density at radius 3 is 2.14 bits per heavy atom. The fraction of sp³-hybridized carbons (Fsp3) is 0.818. The van der Waals surface area contributed by atoms with Crippen LogP contribution in [0.15, 0.2) is 0 Å². The first-order valence-electron chi connectivity index (χ1n) is 4.95. The predicted octanol–water partition coefficient (Wildman–Crippen LogP) is 1.47. The Bertz CT molecular complexity index is 290. The first kappa shape index (κ1) is 11.2. The molecule has 0 spiro atoms. The van der Waals surface area contributed by atoms with Crippen molar-refractivity contribution in [2.24, 2.45) is 10.8 Å². The van der Waals surface area contributed by atoms with Gasteiger partial charge in [0.05, 0.1) is 0 Å². The minimum Gasteiger partial charge on any atom is -0.341 e. The molecule has 0 radical (unpaired) electrons. The second-order valence-electron chi connectivity index (χ2n) is 5.37. The number of Topliss-reactive ketones (excluding diaryl/α,β-unsaturated/α-hetero) is 1. The molecule has 1 amide bonds. The molecule has 0 aromatic rings. The zero-order valence-electron chi connectivity index (χ0n) is 9.84. The fourth-order valence-electron chi connectivity index (χ4n) is 2.11. The fourth-order valence-corrected chi connectivity index (χ4v) is 2.11. The summed E-state index contributed by atoms with van der Waals surface area (Å²) in [4.78, 5) is 25.4. The molecule has 0 saturated carbocycles. The van der Waals surface area contributed by atoms with E-state index < -0.39 is 10.8 Å². The van der Waals surface area contributed by atoms with Crippen LogP contribution >= 0.6 is 0 Å². The van der Waals surface area contributed by atoms with E-state index in [9.17, 15) is 9.59 Å². The van der Waals surface area contributed by atoms with Gasteiger partial charge in [-0.2, -0.15) is 0 Å². The van der Waals surface area contributed by atoms with Gasteiger partial charge in [0.2, 0.25) is 5.91 Å². The van der Waals surface area contributed by atoms with Crippen LogP contribution in [0.2, 0.25) is 0 Å². The number of hydrogen-bond acceptors (Lipinski definition) is 2. The van der Waals surface area contributed by atoms with Gasteiger partial charge in [-0.25, -0.2) is 0 Å². The van der Waals surface area contributed by atoms with Gasteiger partial charge in [0.15, 0.2) is 5.78 Å². The number of amides is 1. The van der Waals surface area contributed by atoms with Crippen LogP contribution in [-0.2, 0) is 9.59 Å². The van der Waals surface area contributed by atoms with E-state index in [0.717, 1.165) is 0 Å². The van der Waals surface area contributed by atoms with Crippen LogP contribution in [0.5, 0.6) is 0 Å². The molecule has 1 fully saturated rings. The molecule has 3 heteroatoms. The topological polar surface area (TPSA) is 37.4 Å². The van der Waals surface area contributed by atoms with Crippen molar-refractivity contribution in [2.45, 2.75) is 40.7 Å². The second-order valence-corrected chi connectivity index (χ2v) is 5.37. The molecule has 80 valence electrons. The van der Waals surface area contributed by atoms with Crippen LogP contribution in [0, 0.1) is 10.8 Å². The average molecular weight is 197 g/mol. The molecule has 1 rings (SSSR count). The summed E-state index contributed by atoms with van der Waals surface area (Å²) in [7, 11) is 1.74. The summed E-state index contributed by atoms with van der Waals surface area (Å²) < 4.78 is 0. The summed E-state index contributed by atoms with van der Waals surface area (Å²) in [5.41, 5.74) is -1.24. The molecule has 14 heavy (non-hydrogen) atoms. The number of nitrogens with zero attached hydrogens (tertiary/aromatic N) is 1. The Morgan fingerprint density at radius 2 is 1.86 bits per heavy atom. The van der Waals surface area contributed by atoms with E-state index in [0.29, 0.717) is 0 Å². The second kappa shape index (κ2) is 2.81. The summed E-state index contributed by atoms with van der Waals surface area (Å²) in [6, 6.07) is 0.0155. The van der Waals surface area contributed by atoms with E-state index in [4.69, 9.17) is 0 Å². The van der Waals surface area contributed by atoms with Crippen molar-refractivity contribution in [3.8, 4) is 0 Å². The van der Waals surface area contributed by atoms with Gasteiger partial charge < -0.3 is 4.90 Å². The van der Waals surface area contributed by atoms with Crippen molar-refractivity contribution in [3.63, 3.8) is 0 Å². The van der Waals surface area contributed by atoms with Crippen molar-refractivity contribution in [3.05, 3.63) is 0 Å². The molecular formula is C11H19NO2. The number of carbonyl (C=O) groups excluding carboxylic acids is 2. The Kier molecular flexibility index (Phi) is 2.25. The smallest absolute Gasteiger partial charge is 0.238 e. The standard InChI is InChI=1S/C11H19NO2/c1-7-11(5,9(14)12(7)6)8(13)10(2,3)4/h7H,1-6H3. The van der Waals surface area contributed by atoms with Crippen molar-refractivity contribution >= 4 is 11.7 Å². The number of likely N-dealkylation sites (tertiary alicyclic amines) is 1. The minimum atomic E-state index is -0.799. The lowest BCUT2D eigenvalue weighted by atomic mass is 9.64. The molecule has 1 saturated heterocycles. The Balaban J connectivity index is 2.99. The van der Waals surface area contributed by atoms with Crippen LogP contribution < -0.4 is 0 Å². The lowest BCUT2D eigenvalue weighted by Crippen LogP contribution is -2.69. The van der Waals surface area contributed by atoms with Gasteiger partial charge in [-0.15, -0.1) is 0 Å². The van der Waals surface area contributed by atoms with Gasteiger partial charge in [0.25, 0.3) is 0 Å². The number of hydrogen-bond donors (Lipinski definition) is 0. The maximum atomic E-state index is 12.1. The molecular weight excluding hydrogens is 178 g/mol. The van der Waals surface area contributed by atoms with Gasteiger partial charge in [-0.1, -0.05) is 20.8 Å². The first-order valence-corrected chi connectivity index (χ1v) is 4.95. The molecule has 0 aromatic heterocycles. The highest BCUT2D eigenvalue weighted by atomic mass is 16.2. The summed E-state index contributed by atoms with van der Waals surface area (Å²) in [5.74, 6) is -0.00877. The molecule has 0 aliphatic carbocycles. The zero-order valence-corrected chi connectivity index (χ0v) is 9.84. The maximum Gasteiger partial charge on any atom is 0.238 e. The summed E-state index contributed by atoms with van der Waals surface area (Å²) >= 11 is 0. The number of β-lactam (4-membered cyclic amide) rings is 1. The zero-order chi connectivity index (χ0) is 11.3. The highest BCUT2D eigenvalue weighted by molar-refractivity contribution is 6.12. The summed E-state index contributed by atoms with van der Waals surface area (Å²) in [6.07, 6.45) is 0. The lowest BCUT2D eigenvalue weighted by Gasteiger charge is -2.52. The highest BCUT2D eigenvalue weighted by Crippen LogP contribution is 2.43. The van der Waals surface area contributed by atoms with Crippen LogP contribution in [0.25, 0.3) is 0 Å². The van der Waals surface area contributed by atoms with Crippen LogP contribution in [0.1, 0.15) is 34.6 Å². The number of ketones is 1. The van der Waals surface area contributed by atoms with E-state index in [2.05, 4.69) is 0 Å². The van der Waals surface area contributed by atoms with Crippen molar-refractivity contribution in [2.75, 3.05) is 7.05 Å². The summed E-state index contributed by atoms with van der Waals surface area (Å²) in [5, 5.41) is 0. The van der Waals surface area contributed by atoms with Crippen molar-refractivity contribution in [1.29, 1.82) is 0 Å². The van der Waals surface area contributed by atoms with Crippen LogP contribution in [0.4, 0.5) is 0 Å². The largest absolute Gasteiger partial charge is 0.341 e. The van der Waals surface area contributed by atoms with Gasteiger partial charge in [0, 0.05) is 18.5 Å². The average Bonchev–Trinajstić information content (AvgIpc) is 2.11. The number of carbonyl (C=O) groups is 2. The first-order chi connectivity index (χ1) is 6.13. The van der Waals surface area contributed by atoms with Gasteiger partial charge >= 0.3 is 0 Å². The molecule has 2 atom stereocenters. The predicted molar refractivity (Wildman–Crippen MR) is 54.8 cm³/mol. The molecule has 0 N–H and O–H groups in total. The lowest BCUT2D eigenvalue weighted by molar-refractivity contribution is -0.174. The monoisotopic (exact) mass is 197 g/mol. The molecule has 3 nitrogen and oxygen atoms in total. The molecule has 1 aliphatic heterocycles. The third kappa shape index (κ3) is 1.18. The van der Waals surface area contributed by atoms with E-state index in [1.54, 1.807) is 18.9 Å². The van der Waals surface area contributed by atoms with E-state index in [-0.39, 0.29) is 17.7 Å². The molecule has 2 unspecified atom stereocenters. The Labute approximate surface area is 85.5 Å². The third-order valence-corrected chi connectivity index (χ3v) is 3.33. The van der Waals surface area contributed by atoms with E-state index in [1.807, 2.05) is 27.7 Å². The quantitative estimate of drug-likeness (QED) is 0.471. The SMILES string of the molecule is CC1N(C)C(=O)C1(C)C(=O)C(C)(C)C. The molecule has 0 aromatic carbocycles. The van der Waals surface area contributed by atoms with Crippen LogP contribution in [0.3, 0.4) is 0 Å². The van der Waals surface area contributed by atoms with Gasteiger partial charge in [0.1, 0.15) is 5.41 Å². The minimum absolute atomic E-state index is 0.0155. The van der Waals surface area contributed by atoms with Gasteiger partial charge in [-0.05, 0) is 13.8 Å². The normalized spacial score (nSPS) is 32.9. The molecule has 1 aliphatic rings. The van der Waals surface area contributed by atoms with E-state index >= 15 is 0 Å². The Morgan fingerprint density at radius 1 is 1.43 bits per heavy atom. The molecule has 1 heterocycles. The van der Waals surface area contributed by atoms with E-state index in [1.165, 1.54) is 0 Å². The van der Waals surface area contributed by atoms with Gasteiger partial charge in [-0.3, -0.25) is 9.59 Å². The molecule has 0 bridgehead atoms. The summed E-state index contributed by atoms with van der Waals surface area (Å²) in [6.45, 7) is 9.26. The number of rotatable bonds is 1. The maximum absolute atomic E-state index is 12.1. The van der Waals surface area contributed by atoms with Crippen molar-refractivity contribution in [1.82, 2.24) is 4.90 Å².